The molecule has 30 heavy (non-hydrogen) atoms. The third-order valence-corrected chi connectivity index (χ3v) is 6.75. The third kappa shape index (κ3) is 5.80. The quantitative estimate of drug-likeness (QED) is 0.550. The van der Waals surface area contributed by atoms with Crippen molar-refractivity contribution in [1.29, 1.82) is 0 Å². The van der Waals surface area contributed by atoms with Crippen LogP contribution in [-0.4, -0.2) is 31.1 Å². The third-order valence-electron chi connectivity index (χ3n) is 5.29. The lowest BCUT2D eigenvalue weighted by atomic mass is 9.88. The van der Waals surface area contributed by atoms with Gasteiger partial charge in [-0.15, -0.1) is 11.3 Å². The number of ether oxygens (including phenoxy) is 1. The minimum absolute atomic E-state index is 0.0334. The Kier molecular flexibility index (Phi) is 7.86. The Balaban J connectivity index is 1.52. The Labute approximate surface area is 185 Å². The molecular formula is C22H26ClFN2O3S. The lowest BCUT2D eigenvalue weighted by molar-refractivity contribution is -0.00293. The molecule has 0 spiro atoms. The van der Waals surface area contributed by atoms with Crippen molar-refractivity contribution in [3.05, 3.63) is 51.1 Å². The van der Waals surface area contributed by atoms with E-state index in [0.29, 0.717) is 28.9 Å². The fourth-order valence-electron chi connectivity index (χ4n) is 3.61. The zero-order chi connectivity index (χ0) is 21.7. The van der Waals surface area contributed by atoms with Gasteiger partial charge in [0.05, 0.1) is 33.2 Å². The largest absolute Gasteiger partial charge is 0.376 e. The van der Waals surface area contributed by atoms with Crippen LogP contribution in [0.5, 0.6) is 0 Å². The van der Waals surface area contributed by atoms with Crippen molar-refractivity contribution in [3.63, 3.8) is 0 Å². The van der Waals surface area contributed by atoms with Gasteiger partial charge in [-0.25, -0.2) is 4.39 Å². The summed E-state index contributed by atoms with van der Waals surface area (Å²) in [6, 6.07) is 5.32. The number of hydrogen-bond donors (Lipinski definition) is 2. The number of nitrogens with one attached hydrogen (secondary N) is 2. The van der Waals surface area contributed by atoms with E-state index in [0.717, 1.165) is 18.1 Å². The average Bonchev–Trinajstić information content (AvgIpc) is 3.06. The number of anilines is 1. The zero-order valence-electron chi connectivity index (χ0n) is 17.1. The van der Waals surface area contributed by atoms with Gasteiger partial charge in [-0.2, -0.15) is 0 Å². The molecule has 0 radical (unpaired) electrons. The van der Waals surface area contributed by atoms with Crippen LogP contribution in [0.15, 0.2) is 24.3 Å². The predicted octanol–water partition coefficient (Wildman–Crippen LogP) is 5.43. The van der Waals surface area contributed by atoms with Crippen LogP contribution in [0.2, 0.25) is 5.02 Å². The number of rotatable bonds is 7. The highest BCUT2D eigenvalue weighted by atomic mass is 35.5. The molecule has 2 unspecified atom stereocenters. The van der Waals surface area contributed by atoms with Crippen LogP contribution in [0.1, 0.15) is 58.2 Å². The highest BCUT2D eigenvalue weighted by Crippen LogP contribution is 2.28. The van der Waals surface area contributed by atoms with E-state index in [2.05, 4.69) is 17.6 Å². The zero-order valence-corrected chi connectivity index (χ0v) is 18.7. The number of halogens is 2. The van der Waals surface area contributed by atoms with E-state index in [1.54, 1.807) is 6.07 Å². The van der Waals surface area contributed by atoms with Gasteiger partial charge < -0.3 is 15.4 Å². The fourth-order valence-corrected chi connectivity index (χ4v) is 4.84. The van der Waals surface area contributed by atoms with Crippen LogP contribution in [0, 0.1) is 18.7 Å². The van der Waals surface area contributed by atoms with E-state index in [1.807, 2.05) is 6.92 Å². The van der Waals surface area contributed by atoms with Crippen molar-refractivity contribution in [2.24, 2.45) is 5.92 Å². The first kappa shape index (κ1) is 22.7. The van der Waals surface area contributed by atoms with Gasteiger partial charge >= 0.3 is 0 Å². The number of hydrogen-bond acceptors (Lipinski definition) is 4. The topological polar surface area (TPSA) is 67.4 Å². The standard InChI is InChI=1S/C22H26ClFN2O3S/c1-13-5-3-4-6-18(13)29-10-9-25-22(28)20-14(2)11-19(30-20)26-21(27)16-8-7-15(24)12-17(16)23/h7-8,11-13,18H,3-6,9-10H2,1-2H3,(H,25,28)(H,26,27). The van der Waals surface area contributed by atoms with E-state index in [1.165, 1.54) is 42.7 Å². The summed E-state index contributed by atoms with van der Waals surface area (Å²) in [4.78, 5) is 25.4. The Hall–Kier alpha value is -1.96. The molecule has 0 aliphatic heterocycles. The van der Waals surface area contributed by atoms with Crippen molar-refractivity contribution < 1.29 is 18.7 Å². The van der Waals surface area contributed by atoms with Crippen molar-refractivity contribution in [3.8, 4) is 0 Å². The second-order valence-electron chi connectivity index (χ2n) is 7.63. The second-order valence-corrected chi connectivity index (χ2v) is 9.09. The fraction of sp³-hybridized carbons (Fsp3) is 0.455. The van der Waals surface area contributed by atoms with Crippen LogP contribution in [0.4, 0.5) is 9.39 Å². The summed E-state index contributed by atoms with van der Waals surface area (Å²) in [5, 5.41) is 6.15. The first-order chi connectivity index (χ1) is 14.3. The van der Waals surface area contributed by atoms with Gasteiger partial charge in [-0.05, 0) is 55.5 Å². The van der Waals surface area contributed by atoms with Crippen molar-refractivity contribution in [2.45, 2.75) is 45.6 Å². The number of amides is 2. The number of carbonyl (C=O) groups excluding carboxylic acids is 2. The maximum atomic E-state index is 13.2. The molecule has 1 aliphatic carbocycles. The van der Waals surface area contributed by atoms with Gasteiger partial charge in [-0.3, -0.25) is 9.59 Å². The minimum Gasteiger partial charge on any atom is -0.376 e. The molecule has 1 heterocycles. The summed E-state index contributed by atoms with van der Waals surface area (Å²) in [5.41, 5.74) is 0.934. The summed E-state index contributed by atoms with van der Waals surface area (Å²) in [7, 11) is 0. The molecule has 1 saturated carbocycles. The summed E-state index contributed by atoms with van der Waals surface area (Å²) >= 11 is 7.12. The molecule has 3 rings (SSSR count). The van der Waals surface area contributed by atoms with Crippen LogP contribution in [0.3, 0.4) is 0 Å². The summed E-state index contributed by atoms with van der Waals surface area (Å²) < 4.78 is 19.1. The van der Waals surface area contributed by atoms with Crippen LogP contribution in [-0.2, 0) is 4.74 Å². The lowest BCUT2D eigenvalue weighted by Crippen LogP contribution is -2.31. The van der Waals surface area contributed by atoms with Crippen LogP contribution < -0.4 is 10.6 Å². The average molecular weight is 453 g/mol. The summed E-state index contributed by atoms with van der Waals surface area (Å²) in [5.74, 6) is -0.597. The van der Waals surface area contributed by atoms with Gasteiger partial charge in [0.2, 0.25) is 0 Å². The van der Waals surface area contributed by atoms with Crippen LogP contribution in [0.25, 0.3) is 0 Å². The van der Waals surface area contributed by atoms with E-state index < -0.39 is 11.7 Å². The Morgan fingerprint density at radius 2 is 2.00 bits per heavy atom. The lowest BCUT2D eigenvalue weighted by Gasteiger charge is -2.28. The van der Waals surface area contributed by atoms with Crippen molar-refractivity contribution in [1.82, 2.24) is 5.32 Å². The minimum atomic E-state index is -0.510. The van der Waals surface area contributed by atoms with Gasteiger partial charge in [0.15, 0.2) is 0 Å². The molecular weight excluding hydrogens is 427 g/mol. The Bertz CT molecular complexity index is 918. The second kappa shape index (κ2) is 10.4. The normalized spacial score (nSPS) is 18.8. The van der Waals surface area contributed by atoms with Gasteiger partial charge in [0.1, 0.15) is 5.82 Å². The molecule has 8 heteroatoms. The SMILES string of the molecule is Cc1cc(NC(=O)c2ccc(F)cc2Cl)sc1C(=O)NCCOC1CCCCC1C. The van der Waals surface area contributed by atoms with Gasteiger partial charge in [0, 0.05) is 6.54 Å². The maximum absolute atomic E-state index is 13.2. The molecule has 2 atom stereocenters. The Morgan fingerprint density at radius 3 is 2.73 bits per heavy atom. The molecule has 2 aromatic rings. The molecule has 5 nitrogen and oxygen atoms in total. The number of aryl methyl sites for hydroxylation is 1. The number of benzene rings is 1. The van der Waals surface area contributed by atoms with Gasteiger partial charge in [0.25, 0.3) is 11.8 Å². The van der Waals surface area contributed by atoms with Crippen LogP contribution >= 0.6 is 22.9 Å². The number of thiophene rings is 1. The van der Waals surface area contributed by atoms with E-state index in [4.69, 9.17) is 16.3 Å². The Morgan fingerprint density at radius 1 is 1.23 bits per heavy atom. The predicted molar refractivity (Wildman–Crippen MR) is 118 cm³/mol. The molecule has 0 bridgehead atoms. The van der Waals surface area contributed by atoms with Crippen molar-refractivity contribution >= 4 is 39.8 Å². The first-order valence-electron chi connectivity index (χ1n) is 10.1. The van der Waals surface area contributed by atoms with Gasteiger partial charge in [-0.1, -0.05) is 31.4 Å². The molecule has 1 fully saturated rings. The monoisotopic (exact) mass is 452 g/mol. The summed E-state index contributed by atoms with van der Waals surface area (Å²) in [6.07, 6.45) is 5.03. The molecule has 162 valence electrons. The molecule has 1 aromatic heterocycles. The molecule has 2 N–H and O–H groups in total. The molecule has 2 amide bonds. The highest BCUT2D eigenvalue weighted by molar-refractivity contribution is 7.18. The highest BCUT2D eigenvalue weighted by Gasteiger charge is 2.22. The van der Waals surface area contributed by atoms with E-state index in [9.17, 15) is 14.0 Å². The maximum Gasteiger partial charge on any atom is 0.261 e. The molecule has 1 aliphatic rings. The smallest absolute Gasteiger partial charge is 0.261 e. The summed E-state index contributed by atoms with van der Waals surface area (Å²) in [6.45, 7) is 4.95. The van der Waals surface area contributed by atoms with E-state index in [-0.39, 0.29) is 22.6 Å². The van der Waals surface area contributed by atoms with E-state index >= 15 is 0 Å². The first-order valence-corrected chi connectivity index (χ1v) is 11.3. The molecule has 1 aromatic carbocycles. The van der Waals surface area contributed by atoms with Crippen molar-refractivity contribution in [2.75, 3.05) is 18.5 Å². The number of carbonyl (C=O) groups is 2. The molecule has 0 saturated heterocycles.